The molecule has 3 heterocycles. The Bertz CT molecular complexity index is 1070. The van der Waals surface area contributed by atoms with Crippen molar-refractivity contribution in [1.82, 2.24) is 14.8 Å². The molecule has 1 fully saturated rings. The third-order valence-corrected chi connectivity index (χ3v) is 5.39. The monoisotopic (exact) mass is 429 g/mol. The molecule has 0 atom stereocenters. The van der Waals surface area contributed by atoms with E-state index in [0.29, 0.717) is 17.2 Å². The number of pyridine rings is 1. The molecule has 0 unspecified atom stereocenters. The smallest absolute Gasteiger partial charge is 0.370 e. The number of alkyl halides is 3. The third kappa shape index (κ3) is 4.40. The van der Waals surface area contributed by atoms with Crippen molar-refractivity contribution in [3.8, 4) is 5.82 Å². The second kappa shape index (κ2) is 8.41. The molecule has 1 aromatic carbocycles. The van der Waals surface area contributed by atoms with Gasteiger partial charge in [-0.15, -0.1) is 0 Å². The van der Waals surface area contributed by atoms with E-state index in [0.717, 1.165) is 44.5 Å². The molecule has 31 heavy (non-hydrogen) atoms. The minimum absolute atomic E-state index is 0.145. The average molecular weight is 429 g/mol. The Balaban J connectivity index is 1.66. The quantitative estimate of drug-likeness (QED) is 0.645. The van der Waals surface area contributed by atoms with Crippen molar-refractivity contribution < 1.29 is 18.0 Å². The van der Waals surface area contributed by atoms with E-state index in [-0.39, 0.29) is 11.3 Å². The standard InChI is InChI=1S/C22H22F3N5O/c1-15-17(14-27-30(15)20-7-3-4-10-26-20)21(31)28-18-13-16(22(23,24)25)8-9-19(18)29-11-5-2-6-12-29/h3-4,7-10,13-14H,2,5-6,11-12H2,1H3,(H,28,31). The molecule has 0 bridgehead atoms. The first-order valence-corrected chi connectivity index (χ1v) is 10.1. The van der Waals surface area contributed by atoms with Gasteiger partial charge in [-0.3, -0.25) is 4.79 Å². The van der Waals surface area contributed by atoms with Gasteiger partial charge in [0.1, 0.15) is 0 Å². The van der Waals surface area contributed by atoms with Gasteiger partial charge in [-0.1, -0.05) is 6.07 Å². The maximum absolute atomic E-state index is 13.3. The number of amides is 1. The highest BCUT2D eigenvalue weighted by molar-refractivity contribution is 6.06. The average Bonchev–Trinajstić information content (AvgIpc) is 3.16. The van der Waals surface area contributed by atoms with Crippen LogP contribution in [0.4, 0.5) is 24.5 Å². The lowest BCUT2D eigenvalue weighted by atomic mass is 10.1. The van der Waals surface area contributed by atoms with Crippen LogP contribution in [-0.2, 0) is 6.18 Å². The van der Waals surface area contributed by atoms with Gasteiger partial charge in [0.15, 0.2) is 5.82 Å². The lowest BCUT2D eigenvalue weighted by molar-refractivity contribution is -0.137. The summed E-state index contributed by atoms with van der Waals surface area (Å²) in [5, 5.41) is 6.91. The zero-order valence-corrected chi connectivity index (χ0v) is 17.0. The fourth-order valence-electron chi connectivity index (χ4n) is 3.76. The summed E-state index contributed by atoms with van der Waals surface area (Å²) in [6.45, 7) is 3.20. The van der Waals surface area contributed by atoms with Crippen molar-refractivity contribution in [3.05, 3.63) is 65.6 Å². The molecular weight excluding hydrogens is 407 g/mol. The Labute approximate surface area is 177 Å². The van der Waals surface area contributed by atoms with Crippen LogP contribution in [0.1, 0.15) is 40.9 Å². The van der Waals surface area contributed by atoms with Gasteiger partial charge >= 0.3 is 6.18 Å². The molecule has 162 valence electrons. The summed E-state index contributed by atoms with van der Waals surface area (Å²) in [5.41, 5.74) is 0.752. The Morgan fingerprint density at radius 1 is 1.10 bits per heavy atom. The number of nitrogens with one attached hydrogen (secondary N) is 1. The van der Waals surface area contributed by atoms with Gasteiger partial charge in [-0.05, 0) is 56.5 Å². The topological polar surface area (TPSA) is 63.1 Å². The second-order valence-corrected chi connectivity index (χ2v) is 7.47. The lowest BCUT2D eigenvalue weighted by Crippen LogP contribution is -2.30. The van der Waals surface area contributed by atoms with Gasteiger partial charge < -0.3 is 10.2 Å². The first-order valence-electron chi connectivity index (χ1n) is 10.1. The summed E-state index contributed by atoms with van der Waals surface area (Å²) < 4.78 is 41.5. The van der Waals surface area contributed by atoms with Gasteiger partial charge in [-0.25, -0.2) is 9.67 Å². The number of benzene rings is 1. The first-order chi connectivity index (χ1) is 14.8. The number of halogens is 3. The van der Waals surface area contributed by atoms with Gasteiger partial charge in [-0.2, -0.15) is 18.3 Å². The van der Waals surface area contributed by atoms with Crippen LogP contribution < -0.4 is 10.2 Å². The number of rotatable bonds is 4. The summed E-state index contributed by atoms with van der Waals surface area (Å²) in [5.74, 6) is 0.0318. The van der Waals surface area contributed by atoms with E-state index in [1.54, 1.807) is 31.3 Å². The van der Waals surface area contributed by atoms with E-state index in [1.165, 1.54) is 16.9 Å². The summed E-state index contributed by atoms with van der Waals surface area (Å²) in [6.07, 6.45) is 1.52. The maximum atomic E-state index is 13.3. The predicted octanol–water partition coefficient (Wildman–Crippen LogP) is 4.84. The molecule has 9 heteroatoms. The summed E-state index contributed by atoms with van der Waals surface area (Å²) in [7, 11) is 0. The Hall–Kier alpha value is -3.36. The van der Waals surface area contributed by atoms with Crippen molar-refractivity contribution in [2.45, 2.75) is 32.4 Å². The number of carbonyl (C=O) groups excluding carboxylic acids is 1. The maximum Gasteiger partial charge on any atom is 0.416 e. The van der Waals surface area contributed by atoms with Crippen molar-refractivity contribution in [2.75, 3.05) is 23.3 Å². The number of piperidine rings is 1. The van der Waals surface area contributed by atoms with Crippen molar-refractivity contribution in [1.29, 1.82) is 0 Å². The molecule has 0 radical (unpaired) electrons. The number of nitrogens with zero attached hydrogens (tertiary/aromatic N) is 4. The van der Waals surface area contributed by atoms with Crippen molar-refractivity contribution in [3.63, 3.8) is 0 Å². The highest BCUT2D eigenvalue weighted by Gasteiger charge is 2.32. The van der Waals surface area contributed by atoms with E-state index >= 15 is 0 Å². The van der Waals surface area contributed by atoms with Gasteiger partial charge in [0.2, 0.25) is 0 Å². The molecule has 1 saturated heterocycles. The lowest BCUT2D eigenvalue weighted by Gasteiger charge is -2.31. The third-order valence-electron chi connectivity index (χ3n) is 5.39. The van der Waals surface area contributed by atoms with Crippen LogP contribution in [-0.4, -0.2) is 33.8 Å². The molecule has 4 rings (SSSR count). The van der Waals surface area contributed by atoms with Crippen LogP contribution in [0.3, 0.4) is 0 Å². The van der Waals surface area contributed by atoms with Crippen LogP contribution in [0.25, 0.3) is 5.82 Å². The minimum atomic E-state index is -4.50. The fraction of sp³-hybridized carbons (Fsp3) is 0.318. The van der Waals surface area contributed by atoms with Crippen LogP contribution in [0.2, 0.25) is 0 Å². The number of carbonyl (C=O) groups is 1. The van der Waals surface area contributed by atoms with Crippen LogP contribution in [0.15, 0.2) is 48.8 Å². The summed E-state index contributed by atoms with van der Waals surface area (Å²) in [6, 6.07) is 8.82. The molecule has 1 aliphatic heterocycles. The van der Waals surface area contributed by atoms with E-state index in [9.17, 15) is 18.0 Å². The Morgan fingerprint density at radius 2 is 1.87 bits per heavy atom. The zero-order valence-electron chi connectivity index (χ0n) is 17.0. The highest BCUT2D eigenvalue weighted by Crippen LogP contribution is 2.36. The zero-order chi connectivity index (χ0) is 22.0. The van der Waals surface area contributed by atoms with Gasteiger partial charge in [0.25, 0.3) is 5.91 Å². The molecule has 2 aromatic heterocycles. The number of hydrogen-bond donors (Lipinski definition) is 1. The van der Waals surface area contributed by atoms with Crippen LogP contribution >= 0.6 is 0 Å². The SMILES string of the molecule is Cc1c(C(=O)Nc2cc(C(F)(F)F)ccc2N2CCCCC2)cnn1-c1ccccn1. The van der Waals surface area contributed by atoms with Crippen molar-refractivity contribution in [2.24, 2.45) is 0 Å². The van der Waals surface area contributed by atoms with Crippen LogP contribution in [0, 0.1) is 6.92 Å². The van der Waals surface area contributed by atoms with E-state index in [2.05, 4.69) is 15.4 Å². The second-order valence-electron chi connectivity index (χ2n) is 7.47. The fourth-order valence-corrected chi connectivity index (χ4v) is 3.76. The molecule has 3 aromatic rings. The number of aromatic nitrogens is 3. The molecule has 6 nitrogen and oxygen atoms in total. The molecule has 0 saturated carbocycles. The van der Waals surface area contributed by atoms with Crippen molar-refractivity contribution >= 4 is 17.3 Å². The highest BCUT2D eigenvalue weighted by atomic mass is 19.4. The molecule has 1 N–H and O–H groups in total. The Kier molecular flexibility index (Phi) is 5.67. The number of anilines is 2. The molecular formula is C22H22F3N5O. The molecule has 1 aliphatic rings. The van der Waals surface area contributed by atoms with E-state index in [1.807, 2.05) is 4.90 Å². The number of hydrogen-bond acceptors (Lipinski definition) is 4. The van der Waals surface area contributed by atoms with Gasteiger partial charge in [0, 0.05) is 19.3 Å². The normalized spacial score (nSPS) is 14.5. The first kappa shape index (κ1) is 20.9. The molecule has 0 spiro atoms. The van der Waals surface area contributed by atoms with E-state index < -0.39 is 17.6 Å². The minimum Gasteiger partial charge on any atom is -0.370 e. The largest absolute Gasteiger partial charge is 0.416 e. The van der Waals surface area contributed by atoms with E-state index in [4.69, 9.17) is 0 Å². The summed E-state index contributed by atoms with van der Waals surface area (Å²) in [4.78, 5) is 19.2. The predicted molar refractivity (Wildman–Crippen MR) is 112 cm³/mol. The van der Waals surface area contributed by atoms with Crippen LogP contribution in [0.5, 0.6) is 0 Å². The van der Waals surface area contributed by atoms with Gasteiger partial charge in [0.05, 0.1) is 34.4 Å². The Morgan fingerprint density at radius 3 is 2.55 bits per heavy atom. The molecule has 1 amide bonds. The molecule has 0 aliphatic carbocycles. The summed E-state index contributed by atoms with van der Waals surface area (Å²) >= 11 is 0.